The molecule has 0 bridgehead atoms. The third kappa shape index (κ3) is 5.81. The van der Waals surface area contributed by atoms with Crippen LogP contribution in [0.5, 0.6) is 0 Å². The van der Waals surface area contributed by atoms with E-state index in [0.717, 1.165) is 37.8 Å². The third-order valence-electron chi connectivity index (χ3n) is 4.77. The maximum absolute atomic E-state index is 9.27. The summed E-state index contributed by atoms with van der Waals surface area (Å²) in [6.45, 7) is 13.3. The van der Waals surface area contributed by atoms with Crippen LogP contribution in [0.25, 0.3) is 0 Å². The molecule has 2 unspecified atom stereocenters. The van der Waals surface area contributed by atoms with Gasteiger partial charge in [-0.3, -0.25) is 5.32 Å². The summed E-state index contributed by atoms with van der Waals surface area (Å²) in [4.78, 5) is 2.60. The normalized spacial score (nSPS) is 24.1. The summed E-state index contributed by atoms with van der Waals surface area (Å²) >= 11 is 0. The average Bonchev–Trinajstić information content (AvgIpc) is 2.65. The van der Waals surface area contributed by atoms with Gasteiger partial charge in [-0.25, -0.2) is 0 Å². The third-order valence-corrected chi connectivity index (χ3v) is 4.77. The average molecular weight is 279 g/mol. The van der Waals surface area contributed by atoms with Gasteiger partial charge in [0.05, 0.1) is 6.07 Å². The maximum atomic E-state index is 9.27. The van der Waals surface area contributed by atoms with Gasteiger partial charge >= 0.3 is 0 Å². The summed E-state index contributed by atoms with van der Waals surface area (Å²) in [6, 6.07) is 2.42. The van der Waals surface area contributed by atoms with Gasteiger partial charge in [-0.05, 0) is 77.0 Å². The number of nitrogens with zero attached hydrogens (tertiary/aromatic N) is 2. The molecule has 0 aromatic rings. The molecule has 0 aromatic carbocycles. The van der Waals surface area contributed by atoms with Gasteiger partial charge in [0.1, 0.15) is 5.54 Å². The predicted octanol–water partition coefficient (Wildman–Crippen LogP) is 3.42. The minimum absolute atomic E-state index is 0.346. The highest BCUT2D eigenvalue weighted by molar-refractivity contribution is 5.03. The monoisotopic (exact) mass is 279 g/mol. The summed E-state index contributed by atoms with van der Waals surface area (Å²) in [5.74, 6) is 1.73. The highest BCUT2D eigenvalue weighted by Gasteiger charge is 2.23. The van der Waals surface area contributed by atoms with Crippen molar-refractivity contribution in [2.75, 3.05) is 26.2 Å². The fourth-order valence-electron chi connectivity index (χ4n) is 3.30. The van der Waals surface area contributed by atoms with Gasteiger partial charge in [0, 0.05) is 0 Å². The molecule has 0 aliphatic carbocycles. The smallest absolute Gasteiger partial charge is 0.103 e. The van der Waals surface area contributed by atoms with Crippen LogP contribution in [0.15, 0.2) is 0 Å². The maximum Gasteiger partial charge on any atom is 0.103 e. The molecule has 1 aliphatic heterocycles. The van der Waals surface area contributed by atoms with E-state index in [0.29, 0.717) is 0 Å². The van der Waals surface area contributed by atoms with Gasteiger partial charge in [0.25, 0.3) is 0 Å². The fraction of sp³-hybridized carbons (Fsp3) is 0.941. The van der Waals surface area contributed by atoms with E-state index < -0.39 is 0 Å². The van der Waals surface area contributed by atoms with Crippen molar-refractivity contribution < 1.29 is 0 Å². The Balaban J connectivity index is 2.30. The van der Waals surface area contributed by atoms with Crippen molar-refractivity contribution in [1.29, 1.82) is 5.26 Å². The Labute approximate surface area is 125 Å². The molecule has 1 rings (SSSR count). The first-order chi connectivity index (χ1) is 9.50. The van der Waals surface area contributed by atoms with Gasteiger partial charge < -0.3 is 4.90 Å². The standard InChI is InChI=1S/C17H33N3/c1-5-19-17(4,14-18)10-7-12-20-11-6-8-16(9-13-20)15(2)3/h15-16,19H,5-13H2,1-4H3. The van der Waals surface area contributed by atoms with E-state index in [2.05, 4.69) is 37.1 Å². The number of hydrogen-bond donors (Lipinski definition) is 1. The Bertz CT molecular complexity index is 308. The minimum Gasteiger partial charge on any atom is -0.303 e. The van der Waals surface area contributed by atoms with Crippen LogP contribution in [0.3, 0.4) is 0 Å². The van der Waals surface area contributed by atoms with E-state index in [1.165, 1.54) is 32.4 Å². The lowest BCUT2D eigenvalue weighted by molar-refractivity contribution is 0.257. The quantitative estimate of drug-likeness (QED) is 0.776. The Morgan fingerprint density at radius 3 is 2.70 bits per heavy atom. The van der Waals surface area contributed by atoms with Gasteiger partial charge in [0.2, 0.25) is 0 Å². The zero-order chi connectivity index (χ0) is 15.0. The molecule has 1 N–H and O–H groups in total. The lowest BCUT2D eigenvalue weighted by atomic mass is 9.89. The minimum atomic E-state index is -0.346. The van der Waals surface area contributed by atoms with Crippen LogP contribution >= 0.6 is 0 Å². The number of hydrogen-bond acceptors (Lipinski definition) is 3. The molecule has 0 amide bonds. The highest BCUT2D eigenvalue weighted by Crippen LogP contribution is 2.24. The molecule has 1 aliphatic rings. The molecule has 20 heavy (non-hydrogen) atoms. The molecule has 1 saturated heterocycles. The zero-order valence-corrected chi connectivity index (χ0v) is 13.9. The Hall–Kier alpha value is -0.590. The molecule has 3 heteroatoms. The second kappa shape index (κ2) is 8.64. The van der Waals surface area contributed by atoms with E-state index in [9.17, 15) is 5.26 Å². The molecule has 1 fully saturated rings. The van der Waals surface area contributed by atoms with E-state index in [-0.39, 0.29) is 5.54 Å². The molecule has 2 atom stereocenters. The van der Waals surface area contributed by atoms with Crippen LogP contribution in [-0.2, 0) is 0 Å². The van der Waals surface area contributed by atoms with Gasteiger partial charge in [-0.15, -0.1) is 0 Å². The van der Waals surface area contributed by atoms with Crippen LogP contribution in [0.2, 0.25) is 0 Å². The first-order valence-corrected chi connectivity index (χ1v) is 8.39. The summed E-state index contributed by atoms with van der Waals surface area (Å²) in [5.41, 5.74) is -0.346. The Morgan fingerprint density at radius 2 is 2.10 bits per heavy atom. The van der Waals surface area contributed by atoms with Crippen molar-refractivity contribution in [3.63, 3.8) is 0 Å². The van der Waals surface area contributed by atoms with E-state index in [1.54, 1.807) is 0 Å². The van der Waals surface area contributed by atoms with E-state index >= 15 is 0 Å². The number of rotatable bonds is 7. The zero-order valence-electron chi connectivity index (χ0n) is 13.9. The molecule has 1 heterocycles. The van der Waals surface area contributed by atoms with Gasteiger partial charge in [-0.1, -0.05) is 20.8 Å². The van der Waals surface area contributed by atoms with Crippen LogP contribution in [-0.4, -0.2) is 36.6 Å². The van der Waals surface area contributed by atoms with Crippen molar-refractivity contribution in [2.45, 2.75) is 65.3 Å². The van der Waals surface area contributed by atoms with Crippen LogP contribution in [0.1, 0.15) is 59.8 Å². The van der Waals surface area contributed by atoms with Crippen molar-refractivity contribution in [3.05, 3.63) is 0 Å². The summed E-state index contributed by atoms with van der Waals surface area (Å²) < 4.78 is 0. The second-order valence-corrected chi connectivity index (χ2v) is 6.85. The van der Waals surface area contributed by atoms with Crippen molar-refractivity contribution in [2.24, 2.45) is 11.8 Å². The molecule has 0 spiro atoms. The largest absolute Gasteiger partial charge is 0.303 e. The SMILES string of the molecule is CCNC(C)(C#N)CCCN1CCCC(C(C)C)CC1. The Morgan fingerprint density at radius 1 is 1.35 bits per heavy atom. The Kier molecular flexibility index (Phi) is 7.55. The first-order valence-electron chi connectivity index (χ1n) is 8.39. The van der Waals surface area contributed by atoms with Crippen LogP contribution < -0.4 is 5.32 Å². The molecular weight excluding hydrogens is 246 g/mol. The van der Waals surface area contributed by atoms with Crippen molar-refractivity contribution in [1.82, 2.24) is 10.2 Å². The van der Waals surface area contributed by atoms with E-state index in [1.807, 2.05) is 6.92 Å². The molecular formula is C17H33N3. The summed E-state index contributed by atoms with van der Waals surface area (Å²) in [7, 11) is 0. The molecule has 0 aromatic heterocycles. The molecule has 0 radical (unpaired) electrons. The van der Waals surface area contributed by atoms with Crippen molar-refractivity contribution >= 4 is 0 Å². The topological polar surface area (TPSA) is 39.1 Å². The number of likely N-dealkylation sites (tertiary alicyclic amines) is 1. The molecule has 116 valence electrons. The predicted molar refractivity (Wildman–Crippen MR) is 85.5 cm³/mol. The fourth-order valence-corrected chi connectivity index (χ4v) is 3.30. The van der Waals surface area contributed by atoms with Gasteiger partial charge in [0.15, 0.2) is 0 Å². The van der Waals surface area contributed by atoms with Crippen molar-refractivity contribution in [3.8, 4) is 6.07 Å². The number of nitrogens with one attached hydrogen (secondary N) is 1. The second-order valence-electron chi connectivity index (χ2n) is 6.85. The lowest BCUT2D eigenvalue weighted by Gasteiger charge is -2.25. The summed E-state index contributed by atoms with van der Waals surface area (Å²) in [5, 5.41) is 12.6. The van der Waals surface area contributed by atoms with Gasteiger partial charge in [-0.2, -0.15) is 5.26 Å². The summed E-state index contributed by atoms with van der Waals surface area (Å²) in [6.07, 6.45) is 6.14. The molecule has 0 saturated carbocycles. The van der Waals surface area contributed by atoms with Crippen LogP contribution in [0, 0.1) is 23.2 Å². The highest BCUT2D eigenvalue weighted by atomic mass is 15.1. The van der Waals surface area contributed by atoms with Crippen LogP contribution in [0.4, 0.5) is 0 Å². The lowest BCUT2D eigenvalue weighted by Crippen LogP contribution is -2.41. The van der Waals surface area contributed by atoms with E-state index in [4.69, 9.17) is 0 Å². The molecule has 3 nitrogen and oxygen atoms in total. The first kappa shape index (κ1) is 17.5. The number of nitriles is 1.